The van der Waals surface area contributed by atoms with Crippen LogP contribution in [0.1, 0.15) is 148 Å². The number of pyridine rings is 1. The van der Waals surface area contributed by atoms with Crippen molar-refractivity contribution in [2.45, 2.75) is 147 Å². The number of ketones is 1. The Morgan fingerprint density at radius 2 is 1.20 bits per heavy atom. The zero-order valence-corrected chi connectivity index (χ0v) is 42.6. The fourth-order valence-electron chi connectivity index (χ4n) is 11.6. The van der Waals surface area contributed by atoms with Crippen LogP contribution in [-0.2, 0) is 35.7 Å². The maximum Gasteiger partial charge on any atom is 0.162 e. The van der Waals surface area contributed by atoms with E-state index in [1.165, 1.54) is 48.1 Å². The minimum Gasteiger partial charge on any atom is -0.512 e. The summed E-state index contributed by atoms with van der Waals surface area (Å²) in [5.74, 6) is 3.65. The monoisotopic (exact) mass is 996 g/mol. The summed E-state index contributed by atoms with van der Waals surface area (Å²) < 4.78 is 2.62. The Bertz CT molecular complexity index is 2120. The third-order valence-corrected chi connectivity index (χ3v) is 15.4. The summed E-state index contributed by atoms with van der Waals surface area (Å²) in [5.41, 5.74) is 5.23. The number of fused-ring (bicyclic) bond motifs is 4. The average molecular weight is 995 g/mol. The molecule has 3 aromatic carbocycles. The van der Waals surface area contributed by atoms with Crippen LogP contribution in [0.4, 0.5) is 0 Å². The standard InChI is InChI=1S/C41H52NS.C13H24O2.Ir/c1-24(2)40(25(3)4,26(5)6)32-17-18-34-35-19-20-42-38(39(35)43-37(34)23-32)31-21-30-15-13-14-16-33(30)36(22-31)41(27(7)8,28(9)10)29(11)12;1-5-10(6-2)12(14)9-13(15)11(7-3)8-4;/h13-20,22-29H,1-12H3;9-11,14H,5-8H2,1-4H3;/q-1;;/b;12-9-;. The molecule has 0 aliphatic rings. The Morgan fingerprint density at radius 3 is 1.71 bits per heavy atom. The quantitative estimate of drug-likeness (QED) is 0.0609. The Labute approximate surface area is 376 Å². The number of thiophene rings is 1. The Morgan fingerprint density at radius 1 is 0.678 bits per heavy atom. The van der Waals surface area contributed by atoms with Crippen LogP contribution in [0.3, 0.4) is 0 Å². The molecule has 0 atom stereocenters. The van der Waals surface area contributed by atoms with Gasteiger partial charge >= 0.3 is 0 Å². The maximum absolute atomic E-state index is 11.7. The molecule has 5 heteroatoms. The summed E-state index contributed by atoms with van der Waals surface area (Å²) in [5, 5.41) is 14.9. The van der Waals surface area contributed by atoms with Gasteiger partial charge < -0.3 is 5.11 Å². The number of carbonyl (C=O) groups is 1. The van der Waals surface area contributed by atoms with Gasteiger partial charge in [-0.05, 0) is 95.1 Å². The van der Waals surface area contributed by atoms with Crippen LogP contribution in [0.2, 0.25) is 0 Å². The van der Waals surface area contributed by atoms with Gasteiger partial charge in [0.2, 0.25) is 0 Å². The van der Waals surface area contributed by atoms with E-state index in [1.54, 1.807) is 0 Å². The van der Waals surface area contributed by atoms with Gasteiger partial charge in [0.1, 0.15) is 0 Å². The summed E-state index contributed by atoms with van der Waals surface area (Å²) in [4.78, 5) is 16.8. The molecule has 1 radical (unpaired) electrons. The number of aromatic nitrogens is 1. The van der Waals surface area contributed by atoms with Crippen molar-refractivity contribution in [2.24, 2.45) is 47.3 Å². The summed E-state index contributed by atoms with van der Waals surface area (Å²) >= 11 is 1.90. The van der Waals surface area contributed by atoms with Crippen LogP contribution in [0.25, 0.3) is 42.2 Å². The molecule has 0 amide bonds. The van der Waals surface area contributed by atoms with E-state index < -0.39 is 0 Å². The number of nitrogens with zero attached hydrogens (tertiary/aromatic N) is 1. The molecule has 0 aliphatic heterocycles. The van der Waals surface area contributed by atoms with Crippen molar-refractivity contribution in [3.05, 3.63) is 89.8 Å². The first-order valence-corrected chi connectivity index (χ1v) is 23.4. The van der Waals surface area contributed by atoms with Crippen LogP contribution in [0, 0.1) is 53.4 Å². The molecule has 1 N–H and O–H groups in total. The normalized spacial score (nSPS) is 13.0. The number of aliphatic hydroxyl groups is 1. The van der Waals surface area contributed by atoms with Gasteiger partial charge in [-0.2, -0.15) is 0 Å². The second kappa shape index (κ2) is 21.3. The molecule has 0 spiro atoms. The minimum absolute atomic E-state index is 0. The van der Waals surface area contributed by atoms with Gasteiger partial charge in [-0.15, -0.1) is 34.9 Å². The van der Waals surface area contributed by atoms with E-state index in [1.807, 2.05) is 45.2 Å². The maximum atomic E-state index is 11.7. The van der Waals surface area contributed by atoms with Crippen molar-refractivity contribution in [1.82, 2.24) is 4.98 Å². The summed E-state index contributed by atoms with van der Waals surface area (Å²) in [6, 6.07) is 24.6. The Kier molecular flexibility index (Phi) is 18.2. The van der Waals surface area contributed by atoms with Crippen molar-refractivity contribution in [1.29, 1.82) is 0 Å². The molecule has 325 valence electrons. The van der Waals surface area contributed by atoms with Crippen molar-refractivity contribution in [3.8, 4) is 11.3 Å². The van der Waals surface area contributed by atoms with E-state index in [2.05, 4.69) is 144 Å². The SMILES string of the molecule is CC(C)C(c1ccc2c(c1)sc1c(-c3[c-]c4ccccc4c(C(C(C)C)(C(C)C)C(C)C)c3)nccc12)(C(C)C)C(C)C.CCC(CC)C(=O)/C=C(\O)C(CC)CC.[Ir]. The van der Waals surface area contributed by atoms with E-state index in [0.29, 0.717) is 35.5 Å². The van der Waals surface area contributed by atoms with Gasteiger partial charge in [0.25, 0.3) is 0 Å². The predicted octanol–water partition coefficient (Wildman–Crippen LogP) is 16.3. The molecular formula is C54H76IrNO2S-. The number of aliphatic hydroxyl groups excluding tert-OH is 1. The molecule has 0 aliphatic carbocycles. The third kappa shape index (κ3) is 9.64. The van der Waals surface area contributed by atoms with Crippen molar-refractivity contribution in [3.63, 3.8) is 0 Å². The van der Waals surface area contributed by atoms with E-state index in [9.17, 15) is 9.90 Å². The van der Waals surface area contributed by atoms with Crippen LogP contribution in [0.5, 0.6) is 0 Å². The van der Waals surface area contributed by atoms with Crippen LogP contribution < -0.4 is 0 Å². The van der Waals surface area contributed by atoms with Gasteiger partial charge in [-0.3, -0.25) is 9.78 Å². The Hall–Kier alpha value is -2.85. The third-order valence-electron chi connectivity index (χ3n) is 14.2. The summed E-state index contributed by atoms with van der Waals surface area (Å²) in [6.07, 6.45) is 6.91. The van der Waals surface area contributed by atoms with Crippen LogP contribution in [0.15, 0.2) is 72.6 Å². The van der Waals surface area contributed by atoms with E-state index in [4.69, 9.17) is 4.98 Å². The molecule has 0 saturated carbocycles. The number of rotatable bonds is 16. The van der Waals surface area contributed by atoms with Crippen molar-refractivity contribution in [2.75, 3.05) is 0 Å². The fourth-order valence-corrected chi connectivity index (χ4v) is 12.8. The predicted molar refractivity (Wildman–Crippen MR) is 255 cm³/mol. The average Bonchev–Trinajstić information content (AvgIpc) is 3.54. The molecule has 0 unspecified atom stereocenters. The first kappa shape index (κ1) is 50.5. The number of carbonyl (C=O) groups excluding carboxylic acids is 1. The van der Waals surface area contributed by atoms with Gasteiger partial charge in [0.15, 0.2) is 5.78 Å². The number of hydrogen-bond acceptors (Lipinski definition) is 4. The van der Waals surface area contributed by atoms with Gasteiger partial charge in [-0.1, -0.05) is 158 Å². The largest absolute Gasteiger partial charge is 0.512 e. The van der Waals surface area contributed by atoms with Gasteiger partial charge in [0, 0.05) is 64.7 Å². The number of benzene rings is 3. The molecule has 5 rings (SSSR count). The van der Waals surface area contributed by atoms with Gasteiger partial charge in [-0.25, -0.2) is 0 Å². The smallest absolute Gasteiger partial charge is 0.162 e. The van der Waals surface area contributed by atoms with Crippen LogP contribution >= 0.6 is 11.3 Å². The fraction of sp³-hybridized carbons (Fsp3) is 0.556. The zero-order chi connectivity index (χ0) is 43.3. The van der Waals surface area contributed by atoms with E-state index in [-0.39, 0.29) is 54.3 Å². The second-order valence-corrected chi connectivity index (χ2v) is 19.8. The molecule has 0 bridgehead atoms. The molecule has 59 heavy (non-hydrogen) atoms. The summed E-state index contributed by atoms with van der Waals surface area (Å²) in [7, 11) is 0. The molecule has 5 aromatic rings. The Balaban J connectivity index is 0.000000496. The number of hydrogen-bond donors (Lipinski definition) is 1. The zero-order valence-electron chi connectivity index (χ0n) is 39.3. The molecule has 2 aromatic heterocycles. The van der Waals surface area contributed by atoms with E-state index >= 15 is 0 Å². The van der Waals surface area contributed by atoms with Crippen molar-refractivity contribution < 1.29 is 30.0 Å². The van der Waals surface area contributed by atoms with Gasteiger partial charge in [0.05, 0.1) is 5.76 Å². The molecule has 3 nitrogen and oxygen atoms in total. The second-order valence-electron chi connectivity index (χ2n) is 18.8. The van der Waals surface area contributed by atoms with E-state index in [0.717, 1.165) is 36.9 Å². The molecule has 0 fully saturated rings. The number of allylic oxidation sites excluding steroid dienone is 2. The van der Waals surface area contributed by atoms with Crippen LogP contribution in [-0.4, -0.2) is 15.9 Å². The first-order chi connectivity index (χ1) is 27.4. The summed E-state index contributed by atoms with van der Waals surface area (Å²) in [6.45, 7) is 36.9. The molecular weight excluding hydrogens is 919 g/mol. The topological polar surface area (TPSA) is 50.2 Å². The molecule has 2 heterocycles. The first-order valence-electron chi connectivity index (χ1n) is 22.6. The minimum atomic E-state index is 0. The molecule has 0 saturated heterocycles. The van der Waals surface area contributed by atoms with Crippen molar-refractivity contribution >= 4 is 48.1 Å².